The fraction of sp³-hybridized carbons (Fsp3) is 0.667. The molecule has 0 spiro atoms. The third kappa shape index (κ3) is 3.89. The van der Waals surface area contributed by atoms with Crippen LogP contribution in [0.15, 0.2) is 16.9 Å². The highest BCUT2D eigenvalue weighted by Gasteiger charge is 2.35. The number of carbonyl (C=O) groups excluding carboxylic acids is 1. The number of carbonyl (C=O) groups is 1. The van der Waals surface area contributed by atoms with Crippen LogP contribution >= 0.6 is 0 Å². The van der Waals surface area contributed by atoms with E-state index >= 15 is 0 Å². The zero-order valence-corrected chi connectivity index (χ0v) is 16.0. The number of aryl methyl sites for hydroxylation is 2. The Morgan fingerprint density at radius 1 is 1.22 bits per heavy atom. The predicted molar refractivity (Wildman–Crippen MR) is 99.1 cm³/mol. The van der Waals surface area contributed by atoms with Crippen LogP contribution < -0.4 is 4.90 Å². The molecule has 0 radical (unpaired) electrons. The topological polar surface area (TPSA) is 83.5 Å². The molecule has 4 heterocycles. The molecule has 2 aromatic heterocycles. The van der Waals surface area contributed by atoms with Crippen molar-refractivity contribution < 1.29 is 9.32 Å². The van der Waals surface area contributed by atoms with Crippen LogP contribution in [0.3, 0.4) is 0 Å². The largest absolute Gasteiger partial charge is 0.339 e. The number of rotatable bonds is 5. The van der Waals surface area contributed by atoms with Crippen molar-refractivity contribution in [3.8, 4) is 0 Å². The normalized spacial score (nSPS) is 22.5. The molecule has 1 atom stereocenters. The zero-order valence-electron chi connectivity index (χ0n) is 16.0. The molecule has 0 bridgehead atoms. The molecule has 0 unspecified atom stereocenters. The number of nitrogens with zero attached hydrogens (tertiary/aromatic N) is 7. The van der Waals surface area contributed by atoms with Gasteiger partial charge in [0, 0.05) is 52.4 Å². The van der Waals surface area contributed by atoms with Gasteiger partial charge < -0.3 is 9.42 Å². The lowest BCUT2D eigenvalue weighted by atomic mass is 10.0. The molecule has 2 fully saturated rings. The Labute approximate surface area is 158 Å². The molecule has 2 saturated heterocycles. The van der Waals surface area contributed by atoms with Gasteiger partial charge in [0.2, 0.25) is 11.8 Å². The van der Waals surface area contributed by atoms with Crippen molar-refractivity contribution in [3.05, 3.63) is 24.1 Å². The van der Waals surface area contributed by atoms with E-state index in [-0.39, 0.29) is 11.9 Å². The Morgan fingerprint density at radius 2 is 2.04 bits per heavy atom. The van der Waals surface area contributed by atoms with Gasteiger partial charge in [-0.05, 0) is 12.8 Å². The van der Waals surface area contributed by atoms with Crippen molar-refractivity contribution in [3.63, 3.8) is 0 Å². The van der Waals surface area contributed by atoms with Gasteiger partial charge in [0.25, 0.3) is 0 Å². The highest BCUT2D eigenvalue weighted by molar-refractivity contribution is 5.97. The first-order valence-corrected chi connectivity index (χ1v) is 9.72. The van der Waals surface area contributed by atoms with Gasteiger partial charge >= 0.3 is 0 Å². The van der Waals surface area contributed by atoms with Gasteiger partial charge in [0.15, 0.2) is 5.82 Å². The predicted octanol–water partition coefficient (Wildman–Crippen LogP) is 0.679. The summed E-state index contributed by atoms with van der Waals surface area (Å²) in [5.74, 6) is 1.64. The standard InChI is InChI=1S/C18H27N7O2/c1-3-17-20-16(21-27-17)13-23-7-9-24(10-8-23)15-5-4-6-25(18(15)26)14-11-19-22(2)12-14/h11-12,15H,3-10,13H2,1-2H3/t15-/m0/s1. The molecule has 9 heteroatoms. The smallest absolute Gasteiger partial charge is 0.244 e. The molecule has 0 N–H and O–H groups in total. The number of anilines is 1. The lowest BCUT2D eigenvalue weighted by molar-refractivity contribution is -0.126. The summed E-state index contributed by atoms with van der Waals surface area (Å²) in [7, 11) is 1.88. The van der Waals surface area contributed by atoms with Crippen LogP contribution in [0.4, 0.5) is 5.69 Å². The summed E-state index contributed by atoms with van der Waals surface area (Å²) in [4.78, 5) is 24.0. The second-order valence-electron chi connectivity index (χ2n) is 7.29. The maximum Gasteiger partial charge on any atom is 0.244 e. The van der Waals surface area contributed by atoms with Crippen molar-refractivity contribution in [2.24, 2.45) is 7.05 Å². The van der Waals surface area contributed by atoms with Crippen LogP contribution in [-0.2, 0) is 24.8 Å². The minimum absolute atomic E-state index is 0.0297. The quantitative estimate of drug-likeness (QED) is 0.762. The third-order valence-electron chi connectivity index (χ3n) is 5.44. The molecule has 2 aliphatic rings. The number of hydrogen-bond donors (Lipinski definition) is 0. The first-order valence-electron chi connectivity index (χ1n) is 9.72. The van der Waals surface area contributed by atoms with Gasteiger partial charge in [-0.25, -0.2) is 0 Å². The summed E-state index contributed by atoms with van der Waals surface area (Å²) in [5.41, 5.74) is 0.898. The van der Waals surface area contributed by atoms with E-state index in [4.69, 9.17) is 4.52 Å². The first kappa shape index (κ1) is 18.1. The molecule has 1 amide bonds. The molecule has 4 rings (SSSR count). The van der Waals surface area contributed by atoms with E-state index in [0.717, 1.165) is 63.5 Å². The van der Waals surface area contributed by atoms with Crippen LogP contribution in [0, 0.1) is 0 Å². The molecule has 27 heavy (non-hydrogen) atoms. The summed E-state index contributed by atoms with van der Waals surface area (Å²) in [6.45, 7) is 7.08. The van der Waals surface area contributed by atoms with E-state index < -0.39 is 0 Å². The number of piperidine rings is 1. The second-order valence-corrected chi connectivity index (χ2v) is 7.29. The maximum atomic E-state index is 13.0. The Hall–Kier alpha value is -2.26. The number of piperazine rings is 1. The van der Waals surface area contributed by atoms with Crippen molar-refractivity contribution in [1.82, 2.24) is 29.7 Å². The Kier molecular flexibility index (Phi) is 5.22. The van der Waals surface area contributed by atoms with E-state index in [9.17, 15) is 4.79 Å². The molecular weight excluding hydrogens is 346 g/mol. The van der Waals surface area contributed by atoms with Gasteiger partial charge in [-0.1, -0.05) is 12.1 Å². The number of hydrogen-bond acceptors (Lipinski definition) is 7. The summed E-state index contributed by atoms with van der Waals surface area (Å²) in [5, 5.41) is 8.24. The van der Waals surface area contributed by atoms with Crippen molar-refractivity contribution in [2.75, 3.05) is 37.6 Å². The lowest BCUT2D eigenvalue weighted by Crippen LogP contribution is -2.57. The van der Waals surface area contributed by atoms with Crippen LogP contribution in [0.25, 0.3) is 0 Å². The average molecular weight is 373 g/mol. The second kappa shape index (κ2) is 7.77. The van der Waals surface area contributed by atoms with Gasteiger partial charge in [-0.2, -0.15) is 10.1 Å². The van der Waals surface area contributed by atoms with Crippen molar-refractivity contribution in [1.29, 1.82) is 0 Å². The minimum Gasteiger partial charge on any atom is -0.339 e. The summed E-state index contributed by atoms with van der Waals surface area (Å²) in [6, 6.07) is -0.0297. The molecule has 146 valence electrons. The van der Waals surface area contributed by atoms with E-state index in [1.165, 1.54) is 0 Å². The Morgan fingerprint density at radius 3 is 2.70 bits per heavy atom. The monoisotopic (exact) mass is 373 g/mol. The number of amides is 1. The fourth-order valence-corrected chi connectivity index (χ4v) is 3.93. The van der Waals surface area contributed by atoms with Gasteiger partial charge in [0.05, 0.1) is 24.5 Å². The first-order chi connectivity index (χ1) is 13.1. The molecular formula is C18H27N7O2. The summed E-state index contributed by atoms with van der Waals surface area (Å²) < 4.78 is 6.93. The zero-order chi connectivity index (χ0) is 18.8. The molecule has 2 aliphatic heterocycles. The minimum atomic E-state index is -0.0297. The van der Waals surface area contributed by atoms with Crippen molar-refractivity contribution in [2.45, 2.75) is 38.8 Å². The molecule has 0 aliphatic carbocycles. The van der Waals surface area contributed by atoms with Crippen molar-refractivity contribution >= 4 is 11.6 Å². The summed E-state index contributed by atoms with van der Waals surface area (Å²) in [6.07, 6.45) is 6.40. The van der Waals surface area contributed by atoms with Gasteiger partial charge in [-0.3, -0.25) is 19.3 Å². The van der Waals surface area contributed by atoms with E-state index in [2.05, 4.69) is 25.0 Å². The average Bonchev–Trinajstić information content (AvgIpc) is 3.31. The highest BCUT2D eigenvalue weighted by atomic mass is 16.5. The van der Waals surface area contributed by atoms with Gasteiger partial charge in [0.1, 0.15) is 0 Å². The molecule has 9 nitrogen and oxygen atoms in total. The van der Waals surface area contributed by atoms with E-state index in [1.807, 2.05) is 25.1 Å². The van der Waals surface area contributed by atoms with Crippen LogP contribution in [-0.4, -0.2) is 74.4 Å². The maximum absolute atomic E-state index is 13.0. The molecule has 0 saturated carbocycles. The lowest BCUT2D eigenvalue weighted by Gasteiger charge is -2.42. The van der Waals surface area contributed by atoms with E-state index in [1.54, 1.807) is 10.9 Å². The Balaban J connectivity index is 1.34. The van der Waals surface area contributed by atoms with Crippen LogP contribution in [0.1, 0.15) is 31.5 Å². The Bertz CT molecular complexity index is 778. The molecule has 0 aromatic carbocycles. The SMILES string of the molecule is CCc1nc(CN2CCN([C@H]3CCCN(c4cnn(C)c4)C3=O)CC2)no1. The van der Waals surface area contributed by atoms with E-state index in [0.29, 0.717) is 12.4 Å². The highest BCUT2D eigenvalue weighted by Crippen LogP contribution is 2.24. The van der Waals surface area contributed by atoms with Crippen LogP contribution in [0.5, 0.6) is 0 Å². The van der Waals surface area contributed by atoms with Gasteiger partial charge in [-0.15, -0.1) is 0 Å². The third-order valence-corrected chi connectivity index (χ3v) is 5.44. The van der Waals surface area contributed by atoms with Crippen LogP contribution in [0.2, 0.25) is 0 Å². The fourth-order valence-electron chi connectivity index (χ4n) is 3.93. The summed E-state index contributed by atoms with van der Waals surface area (Å²) >= 11 is 0. The number of aromatic nitrogens is 4. The molecule has 2 aromatic rings.